The number of aromatic nitrogens is 1. The molecule has 1 aliphatic heterocycles. The van der Waals surface area contributed by atoms with Crippen LogP contribution in [0.15, 0.2) is 18.3 Å². The van der Waals surface area contributed by atoms with Crippen LogP contribution in [0.4, 0.5) is 5.82 Å². The van der Waals surface area contributed by atoms with Gasteiger partial charge >= 0.3 is 0 Å². The van der Waals surface area contributed by atoms with E-state index in [1.807, 2.05) is 26.0 Å². The Balaban J connectivity index is 2.06. The maximum Gasteiger partial charge on any atom is 0.239 e. The van der Waals surface area contributed by atoms with Crippen molar-refractivity contribution >= 4 is 11.7 Å². The van der Waals surface area contributed by atoms with Crippen LogP contribution in [0, 0.1) is 0 Å². The molecule has 0 saturated carbocycles. The second-order valence-electron chi connectivity index (χ2n) is 5.42. The molecule has 1 saturated heterocycles. The van der Waals surface area contributed by atoms with E-state index >= 15 is 0 Å². The van der Waals surface area contributed by atoms with Crippen LogP contribution in [-0.2, 0) is 16.1 Å². The van der Waals surface area contributed by atoms with Gasteiger partial charge in [-0.3, -0.25) is 9.69 Å². The van der Waals surface area contributed by atoms with Crippen LogP contribution in [0.3, 0.4) is 0 Å². The number of nitrogens with zero attached hydrogens (tertiary/aromatic N) is 2. The van der Waals surface area contributed by atoms with Crippen LogP contribution in [0.5, 0.6) is 0 Å². The number of rotatable bonds is 5. The molecule has 2 rings (SSSR count). The molecule has 0 aliphatic carbocycles. The molecule has 1 aliphatic rings. The number of carbonyl (C=O) groups excluding carboxylic acids is 1. The van der Waals surface area contributed by atoms with Gasteiger partial charge in [0.15, 0.2) is 0 Å². The number of amides is 1. The maximum absolute atomic E-state index is 12.3. The minimum Gasteiger partial charge on any atom is -0.378 e. The monoisotopic (exact) mass is 293 g/mol. The van der Waals surface area contributed by atoms with Gasteiger partial charge in [0.2, 0.25) is 5.91 Å². The van der Waals surface area contributed by atoms with Crippen LogP contribution in [0.25, 0.3) is 0 Å². The number of carbonyl (C=O) groups is 1. The summed E-state index contributed by atoms with van der Waals surface area (Å²) in [5, 5.41) is 2.95. The van der Waals surface area contributed by atoms with Gasteiger partial charge in [0.1, 0.15) is 11.9 Å². The van der Waals surface area contributed by atoms with E-state index in [9.17, 15) is 4.79 Å². The normalized spacial score (nSPS) is 19.5. The van der Waals surface area contributed by atoms with E-state index in [2.05, 4.69) is 20.6 Å². The molecule has 0 radical (unpaired) electrons. The van der Waals surface area contributed by atoms with Crippen molar-refractivity contribution in [3.63, 3.8) is 0 Å². The lowest BCUT2D eigenvalue weighted by atomic mass is 10.1. The Morgan fingerprint density at radius 1 is 1.62 bits per heavy atom. The lowest BCUT2D eigenvalue weighted by Crippen LogP contribution is -2.54. The van der Waals surface area contributed by atoms with Gasteiger partial charge in [-0.2, -0.15) is 0 Å². The second-order valence-corrected chi connectivity index (χ2v) is 5.42. The lowest BCUT2D eigenvalue weighted by molar-refractivity contribution is -0.133. The van der Waals surface area contributed by atoms with Crippen LogP contribution in [0.2, 0.25) is 0 Å². The smallest absolute Gasteiger partial charge is 0.239 e. The first-order chi connectivity index (χ1) is 10.1. The number of pyridine rings is 1. The molecular formula is C14H23N5O2. The molecule has 0 spiro atoms. The Labute approximate surface area is 124 Å². The van der Waals surface area contributed by atoms with Gasteiger partial charge in [-0.05, 0) is 31.5 Å². The Hall–Kier alpha value is -1.70. The maximum atomic E-state index is 12.3. The Morgan fingerprint density at radius 3 is 3.14 bits per heavy atom. The van der Waals surface area contributed by atoms with Crippen molar-refractivity contribution in [3.8, 4) is 0 Å². The highest BCUT2D eigenvalue weighted by Gasteiger charge is 2.29. The predicted octanol–water partition coefficient (Wildman–Crippen LogP) is 0.0926. The van der Waals surface area contributed by atoms with Crippen molar-refractivity contribution in [2.45, 2.75) is 32.5 Å². The molecule has 116 valence electrons. The third-order valence-corrected chi connectivity index (χ3v) is 3.33. The first kappa shape index (κ1) is 15.7. The van der Waals surface area contributed by atoms with E-state index in [0.717, 1.165) is 12.1 Å². The van der Waals surface area contributed by atoms with Crippen LogP contribution in [-0.4, -0.2) is 47.6 Å². The molecule has 4 N–H and O–H groups in total. The third-order valence-electron chi connectivity index (χ3n) is 3.33. The number of hydrazine groups is 1. The molecular weight excluding hydrogens is 270 g/mol. The van der Waals surface area contributed by atoms with Crippen molar-refractivity contribution < 1.29 is 9.53 Å². The SMILES string of the molecule is CC(C)NC(=O)C1COCCN1Cc1ccnc(NN)c1. The molecule has 0 bridgehead atoms. The average molecular weight is 293 g/mol. The molecule has 1 unspecified atom stereocenters. The molecule has 1 fully saturated rings. The first-order valence-electron chi connectivity index (χ1n) is 7.14. The zero-order valence-corrected chi connectivity index (χ0v) is 12.5. The number of anilines is 1. The second kappa shape index (κ2) is 7.35. The van der Waals surface area contributed by atoms with Crippen molar-refractivity contribution in [1.82, 2.24) is 15.2 Å². The zero-order valence-electron chi connectivity index (χ0n) is 12.5. The quantitative estimate of drug-likeness (QED) is 0.526. The Morgan fingerprint density at radius 2 is 2.43 bits per heavy atom. The third kappa shape index (κ3) is 4.38. The van der Waals surface area contributed by atoms with Gasteiger partial charge in [0, 0.05) is 25.3 Å². The van der Waals surface area contributed by atoms with Gasteiger partial charge in [0.25, 0.3) is 0 Å². The summed E-state index contributed by atoms with van der Waals surface area (Å²) in [5.74, 6) is 6.00. The van der Waals surface area contributed by atoms with Crippen molar-refractivity contribution in [3.05, 3.63) is 23.9 Å². The van der Waals surface area contributed by atoms with Gasteiger partial charge in [-0.25, -0.2) is 10.8 Å². The van der Waals surface area contributed by atoms with Crippen molar-refractivity contribution in [1.29, 1.82) is 0 Å². The summed E-state index contributed by atoms with van der Waals surface area (Å²) in [6.45, 7) is 6.35. The van der Waals surface area contributed by atoms with E-state index in [0.29, 0.717) is 25.6 Å². The summed E-state index contributed by atoms with van der Waals surface area (Å²) >= 11 is 0. The van der Waals surface area contributed by atoms with E-state index in [4.69, 9.17) is 10.6 Å². The summed E-state index contributed by atoms with van der Waals surface area (Å²) in [6.07, 6.45) is 1.70. The number of hydrogen-bond acceptors (Lipinski definition) is 6. The zero-order chi connectivity index (χ0) is 15.2. The summed E-state index contributed by atoms with van der Waals surface area (Å²) in [5.41, 5.74) is 3.59. The highest BCUT2D eigenvalue weighted by atomic mass is 16.5. The van der Waals surface area contributed by atoms with Crippen LogP contribution >= 0.6 is 0 Å². The summed E-state index contributed by atoms with van der Waals surface area (Å²) < 4.78 is 5.45. The molecule has 0 aromatic carbocycles. The first-order valence-corrected chi connectivity index (χ1v) is 7.14. The number of nitrogen functional groups attached to an aromatic ring is 1. The van der Waals surface area contributed by atoms with E-state index in [1.54, 1.807) is 6.20 Å². The van der Waals surface area contributed by atoms with Crippen LogP contribution in [0.1, 0.15) is 19.4 Å². The lowest BCUT2D eigenvalue weighted by Gasteiger charge is -2.35. The summed E-state index contributed by atoms with van der Waals surface area (Å²) in [7, 11) is 0. The Kier molecular flexibility index (Phi) is 5.49. The molecule has 7 nitrogen and oxygen atoms in total. The molecule has 7 heteroatoms. The van der Waals surface area contributed by atoms with Gasteiger partial charge in [-0.1, -0.05) is 0 Å². The van der Waals surface area contributed by atoms with Crippen molar-refractivity contribution in [2.75, 3.05) is 25.2 Å². The fourth-order valence-electron chi connectivity index (χ4n) is 2.34. The topological polar surface area (TPSA) is 92.5 Å². The van der Waals surface area contributed by atoms with E-state index < -0.39 is 0 Å². The highest BCUT2D eigenvalue weighted by Crippen LogP contribution is 2.14. The number of nitrogens with one attached hydrogen (secondary N) is 2. The largest absolute Gasteiger partial charge is 0.378 e. The summed E-state index contributed by atoms with van der Waals surface area (Å²) in [6, 6.07) is 3.67. The Bertz CT molecular complexity index is 480. The molecule has 21 heavy (non-hydrogen) atoms. The van der Waals surface area contributed by atoms with Gasteiger partial charge in [0.05, 0.1) is 13.2 Å². The number of hydrogen-bond donors (Lipinski definition) is 3. The number of ether oxygens (including phenoxy) is 1. The van der Waals surface area contributed by atoms with E-state index in [-0.39, 0.29) is 18.0 Å². The molecule has 1 aromatic rings. The predicted molar refractivity (Wildman–Crippen MR) is 80.3 cm³/mol. The molecule has 1 amide bonds. The number of morpholine rings is 1. The van der Waals surface area contributed by atoms with E-state index in [1.165, 1.54) is 0 Å². The summed E-state index contributed by atoms with van der Waals surface area (Å²) in [4.78, 5) is 18.5. The van der Waals surface area contributed by atoms with Gasteiger partial charge in [-0.15, -0.1) is 0 Å². The average Bonchev–Trinajstić information content (AvgIpc) is 2.47. The highest BCUT2D eigenvalue weighted by molar-refractivity contribution is 5.82. The minimum absolute atomic E-state index is 0.0101. The van der Waals surface area contributed by atoms with Crippen molar-refractivity contribution in [2.24, 2.45) is 5.84 Å². The minimum atomic E-state index is -0.261. The van der Waals surface area contributed by atoms with Gasteiger partial charge < -0.3 is 15.5 Å². The molecule has 1 aromatic heterocycles. The molecule has 1 atom stereocenters. The number of nitrogens with two attached hydrogens (primary N) is 1. The fraction of sp³-hybridized carbons (Fsp3) is 0.571. The van der Waals surface area contributed by atoms with Crippen LogP contribution < -0.4 is 16.6 Å². The standard InChI is InChI=1S/C14H23N5O2/c1-10(2)17-14(20)12-9-21-6-5-19(12)8-11-3-4-16-13(7-11)18-15/h3-4,7,10,12H,5-6,8-9,15H2,1-2H3,(H,16,18)(H,17,20). The molecule has 2 heterocycles. The fourth-order valence-corrected chi connectivity index (χ4v) is 2.34.